The number of nitrogens with one attached hydrogen (secondary N) is 1. The van der Waals surface area contributed by atoms with Crippen LogP contribution in [0.25, 0.3) is 0 Å². The summed E-state index contributed by atoms with van der Waals surface area (Å²) in [6.45, 7) is 2.49. The number of carbonyl (C=O) groups excluding carboxylic acids is 1. The van der Waals surface area contributed by atoms with Gasteiger partial charge in [0.05, 0.1) is 5.75 Å². The lowest BCUT2D eigenvalue weighted by Crippen LogP contribution is -2.24. The number of nitrogens with two attached hydrogens (primary N) is 1. The number of carbonyl (C=O) groups is 1. The minimum Gasteiger partial charge on any atom is -0.351 e. The van der Waals surface area contributed by atoms with Gasteiger partial charge in [-0.1, -0.05) is 24.3 Å². The van der Waals surface area contributed by atoms with Crippen LogP contribution in [0.5, 0.6) is 0 Å². The molecule has 3 N–H and O–H groups in total. The highest BCUT2D eigenvalue weighted by Gasteiger charge is 2.03. The maximum Gasteiger partial charge on any atom is 0.230 e. The molecule has 2 aromatic rings. The summed E-state index contributed by atoms with van der Waals surface area (Å²) in [6, 6.07) is 11.8. The van der Waals surface area contributed by atoms with Gasteiger partial charge in [-0.25, -0.2) is 0 Å². The van der Waals surface area contributed by atoms with Crippen molar-refractivity contribution in [1.82, 2.24) is 10.3 Å². The lowest BCUT2D eigenvalue weighted by molar-refractivity contribution is -0.118. The molecule has 1 amide bonds. The minimum atomic E-state index is 0.0214. The van der Waals surface area contributed by atoms with Gasteiger partial charge in [0.1, 0.15) is 0 Å². The second-order valence-corrected chi connectivity index (χ2v) is 5.83. The van der Waals surface area contributed by atoms with Crippen LogP contribution in [0, 0.1) is 0 Å². The molecule has 0 spiro atoms. The number of hydrogen-bond donors (Lipinski definition) is 2. The van der Waals surface area contributed by atoms with E-state index in [1.165, 1.54) is 11.8 Å². The first-order valence-electron chi connectivity index (χ1n) is 6.79. The van der Waals surface area contributed by atoms with Gasteiger partial charge in [-0.3, -0.25) is 9.78 Å². The van der Waals surface area contributed by atoms with E-state index in [1.807, 2.05) is 43.3 Å². The molecule has 0 radical (unpaired) electrons. The van der Waals surface area contributed by atoms with Crippen LogP contribution in [-0.2, 0) is 11.3 Å². The molecule has 1 aromatic carbocycles. The number of benzene rings is 1. The SMILES string of the molecule is CC(N)c1ccc(CNC(=O)CSc2ccncc2)cc1. The maximum absolute atomic E-state index is 11.8. The zero-order valence-electron chi connectivity index (χ0n) is 12.0. The summed E-state index contributed by atoms with van der Waals surface area (Å²) in [5.74, 6) is 0.426. The second kappa shape index (κ2) is 7.81. The lowest BCUT2D eigenvalue weighted by Gasteiger charge is -2.08. The van der Waals surface area contributed by atoms with E-state index in [2.05, 4.69) is 10.3 Å². The summed E-state index contributed by atoms with van der Waals surface area (Å²) in [4.78, 5) is 16.8. The highest BCUT2D eigenvalue weighted by Crippen LogP contribution is 2.15. The van der Waals surface area contributed by atoms with Crippen molar-refractivity contribution in [2.75, 3.05) is 5.75 Å². The molecule has 21 heavy (non-hydrogen) atoms. The third kappa shape index (κ3) is 5.21. The van der Waals surface area contributed by atoms with E-state index >= 15 is 0 Å². The van der Waals surface area contributed by atoms with E-state index in [1.54, 1.807) is 12.4 Å². The number of thioether (sulfide) groups is 1. The molecule has 0 aliphatic carbocycles. The lowest BCUT2D eigenvalue weighted by atomic mass is 10.1. The Hall–Kier alpha value is -1.85. The van der Waals surface area contributed by atoms with Gasteiger partial charge in [0.25, 0.3) is 0 Å². The van der Waals surface area contributed by atoms with Crippen molar-refractivity contribution in [2.24, 2.45) is 5.73 Å². The second-order valence-electron chi connectivity index (χ2n) is 4.78. The van der Waals surface area contributed by atoms with Crippen molar-refractivity contribution in [3.63, 3.8) is 0 Å². The van der Waals surface area contributed by atoms with Gasteiger partial charge in [0, 0.05) is 29.9 Å². The summed E-state index contributed by atoms with van der Waals surface area (Å²) in [5.41, 5.74) is 7.97. The summed E-state index contributed by atoms with van der Waals surface area (Å²) < 4.78 is 0. The highest BCUT2D eigenvalue weighted by molar-refractivity contribution is 8.00. The Morgan fingerprint density at radius 1 is 1.24 bits per heavy atom. The van der Waals surface area contributed by atoms with Crippen LogP contribution >= 0.6 is 11.8 Å². The molecule has 0 bridgehead atoms. The number of nitrogens with zero attached hydrogens (tertiary/aromatic N) is 1. The summed E-state index contributed by atoms with van der Waals surface area (Å²) in [5, 5.41) is 2.91. The van der Waals surface area contributed by atoms with Crippen molar-refractivity contribution >= 4 is 17.7 Å². The number of rotatable bonds is 6. The predicted octanol–water partition coefficient (Wildman–Crippen LogP) is 2.51. The molecule has 0 saturated carbocycles. The van der Waals surface area contributed by atoms with Crippen LogP contribution in [0.1, 0.15) is 24.1 Å². The van der Waals surface area contributed by atoms with E-state index < -0.39 is 0 Å². The fourth-order valence-electron chi connectivity index (χ4n) is 1.77. The van der Waals surface area contributed by atoms with Crippen molar-refractivity contribution in [3.05, 3.63) is 59.9 Å². The Morgan fingerprint density at radius 2 is 1.90 bits per heavy atom. The van der Waals surface area contributed by atoms with Gasteiger partial charge in [-0.15, -0.1) is 11.8 Å². The van der Waals surface area contributed by atoms with Crippen molar-refractivity contribution in [3.8, 4) is 0 Å². The Kier molecular flexibility index (Phi) is 5.78. The molecule has 110 valence electrons. The summed E-state index contributed by atoms with van der Waals surface area (Å²) in [7, 11) is 0. The quantitative estimate of drug-likeness (QED) is 0.805. The van der Waals surface area contributed by atoms with Crippen LogP contribution in [0.4, 0.5) is 0 Å². The fraction of sp³-hybridized carbons (Fsp3) is 0.250. The Morgan fingerprint density at radius 3 is 2.52 bits per heavy atom. The van der Waals surface area contributed by atoms with Gasteiger partial charge in [-0.05, 0) is 30.2 Å². The largest absolute Gasteiger partial charge is 0.351 e. The summed E-state index contributed by atoms with van der Waals surface area (Å²) in [6.07, 6.45) is 3.44. The Balaban J connectivity index is 1.76. The van der Waals surface area contributed by atoms with Gasteiger partial charge in [-0.2, -0.15) is 0 Å². The molecule has 0 saturated heterocycles. The molecule has 1 unspecified atom stereocenters. The standard InChI is InChI=1S/C16H19N3OS/c1-12(17)14-4-2-13(3-5-14)10-19-16(20)11-21-15-6-8-18-9-7-15/h2-9,12H,10-11,17H2,1H3,(H,19,20). The van der Waals surface area contributed by atoms with E-state index in [-0.39, 0.29) is 11.9 Å². The van der Waals surface area contributed by atoms with Gasteiger partial charge < -0.3 is 11.1 Å². The molecule has 0 fully saturated rings. The third-order valence-corrected chi connectivity index (χ3v) is 4.03. The fourth-order valence-corrected chi connectivity index (χ4v) is 2.49. The van der Waals surface area contributed by atoms with Crippen LogP contribution in [0.2, 0.25) is 0 Å². The molecule has 4 nitrogen and oxygen atoms in total. The number of amides is 1. The normalized spacial score (nSPS) is 11.9. The molecule has 1 aromatic heterocycles. The molecular formula is C16H19N3OS. The number of pyridine rings is 1. The minimum absolute atomic E-state index is 0.0214. The first kappa shape index (κ1) is 15.5. The molecule has 1 atom stereocenters. The molecule has 0 aliphatic heterocycles. The number of hydrogen-bond acceptors (Lipinski definition) is 4. The molecule has 2 rings (SSSR count). The summed E-state index contributed by atoms with van der Waals surface area (Å²) >= 11 is 1.50. The smallest absolute Gasteiger partial charge is 0.230 e. The van der Waals surface area contributed by atoms with Crippen molar-refractivity contribution in [1.29, 1.82) is 0 Å². The average molecular weight is 301 g/mol. The number of aromatic nitrogens is 1. The van der Waals surface area contributed by atoms with E-state index in [0.717, 1.165) is 16.0 Å². The zero-order chi connectivity index (χ0) is 15.1. The van der Waals surface area contributed by atoms with Crippen LogP contribution in [-0.4, -0.2) is 16.6 Å². The zero-order valence-corrected chi connectivity index (χ0v) is 12.8. The van der Waals surface area contributed by atoms with Crippen LogP contribution in [0.15, 0.2) is 53.7 Å². The predicted molar refractivity (Wildman–Crippen MR) is 85.9 cm³/mol. The molecule has 0 aliphatic rings. The Bertz CT molecular complexity index is 570. The molecular weight excluding hydrogens is 282 g/mol. The van der Waals surface area contributed by atoms with Crippen LogP contribution < -0.4 is 11.1 Å². The van der Waals surface area contributed by atoms with Crippen molar-refractivity contribution < 1.29 is 4.79 Å². The highest BCUT2D eigenvalue weighted by atomic mass is 32.2. The van der Waals surface area contributed by atoms with Crippen molar-refractivity contribution in [2.45, 2.75) is 24.4 Å². The molecule has 5 heteroatoms. The third-order valence-electron chi connectivity index (χ3n) is 3.01. The van der Waals surface area contributed by atoms with Gasteiger partial charge in [0.2, 0.25) is 5.91 Å². The van der Waals surface area contributed by atoms with Crippen LogP contribution in [0.3, 0.4) is 0 Å². The van der Waals surface area contributed by atoms with Gasteiger partial charge >= 0.3 is 0 Å². The average Bonchev–Trinajstić information content (AvgIpc) is 2.52. The van der Waals surface area contributed by atoms with E-state index in [4.69, 9.17) is 5.73 Å². The van der Waals surface area contributed by atoms with E-state index in [9.17, 15) is 4.79 Å². The topological polar surface area (TPSA) is 68.0 Å². The molecule has 1 heterocycles. The van der Waals surface area contributed by atoms with Gasteiger partial charge in [0.15, 0.2) is 0 Å². The maximum atomic E-state index is 11.8. The first-order valence-corrected chi connectivity index (χ1v) is 7.77. The monoisotopic (exact) mass is 301 g/mol. The Labute approximate surface area is 129 Å². The van der Waals surface area contributed by atoms with E-state index in [0.29, 0.717) is 12.3 Å². The first-order chi connectivity index (χ1) is 10.1.